The average Bonchev–Trinajstić information content (AvgIpc) is 2.92. The highest BCUT2D eigenvalue weighted by Gasteiger charge is 2.21. The van der Waals surface area contributed by atoms with Gasteiger partial charge in [0.15, 0.2) is 6.23 Å². The van der Waals surface area contributed by atoms with Crippen LogP contribution >= 0.6 is 0 Å². The van der Waals surface area contributed by atoms with Gasteiger partial charge < -0.3 is 9.47 Å². The van der Waals surface area contributed by atoms with Crippen molar-refractivity contribution in [3.8, 4) is 0 Å². The monoisotopic (exact) mass is 316 g/mol. The third-order valence-electron chi connectivity index (χ3n) is 4.24. The minimum absolute atomic E-state index is 0.00407. The summed E-state index contributed by atoms with van der Waals surface area (Å²) in [7, 11) is 0. The summed E-state index contributed by atoms with van der Waals surface area (Å²) in [5.41, 5.74) is 3.24. The fourth-order valence-electron chi connectivity index (χ4n) is 3.09. The number of aromatic nitrogens is 2. The smallest absolute Gasteiger partial charge is 0.306 e. The van der Waals surface area contributed by atoms with Crippen molar-refractivity contribution in [2.24, 2.45) is 0 Å². The van der Waals surface area contributed by atoms with E-state index in [9.17, 15) is 4.79 Å². The quantitative estimate of drug-likeness (QED) is 0.792. The van der Waals surface area contributed by atoms with Gasteiger partial charge in [0.25, 0.3) is 0 Å². The molecule has 1 aromatic heterocycles. The number of benzene rings is 1. The second-order valence-corrected chi connectivity index (χ2v) is 6.04. The molecule has 0 N–H and O–H groups in total. The Balaban J connectivity index is 1.90. The van der Waals surface area contributed by atoms with Gasteiger partial charge in [0.05, 0.1) is 24.2 Å². The molecule has 1 aromatic carbocycles. The molecule has 124 valence electrons. The molecule has 1 aliphatic rings. The lowest BCUT2D eigenvalue weighted by Gasteiger charge is -2.23. The van der Waals surface area contributed by atoms with E-state index in [0.717, 1.165) is 42.5 Å². The van der Waals surface area contributed by atoms with Crippen LogP contribution in [0.25, 0.3) is 10.9 Å². The zero-order valence-electron chi connectivity index (χ0n) is 13.9. The molecule has 0 aliphatic carbocycles. The van der Waals surface area contributed by atoms with Crippen LogP contribution < -0.4 is 0 Å². The molecule has 0 bridgehead atoms. The van der Waals surface area contributed by atoms with Gasteiger partial charge in [-0.25, -0.2) is 4.68 Å². The van der Waals surface area contributed by atoms with Crippen LogP contribution in [0.15, 0.2) is 18.2 Å². The predicted octanol–water partition coefficient (Wildman–Crippen LogP) is 3.54. The summed E-state index contributed by atoms with van der Waals surface area (Å²) in [5, 5.41) is 5.88. The van der Waals surface area contributed by atoms with Gasteiger partial charge in [-0.2, -0.15) is 5.10 Å². The molecule has 0 spiro atoms. The second kappa shape index (κ2) is 7.13. The summed E-state index contributed by atoms with van der Waals surface area (Å²) in [6.45, 7) is 5.11. The number of carbonyl (C=O) groups is 1. The number of carbonyl (C=O) groups excluding carboxylic acids is 1. The van der Waals surface area contributed by atoms with Crippen LogP contribution in [0.3, 0.4) is 0 Å². The lowest BCUT2D eigenvalue weighted by Crippen LogP contribution is -2.19. The molecular weight excluding hydrogens is 292 g/mol. The third kappa shape index (κ3) is 3.55. The first-order valence-corrected chi connectivity index (χ1v) is 8.44. The van der Waals surface area contributed by atoms with Crippen molar-refractivity contribution < 1.29 is 14.3 Å². The SMILES string of the molecule is CCOC(=O)CCc1nn(C2CCCCO2)c2cc(C)ccc12. The van der Waals surface area contributed by atoms with Gasteiger partial charge in [-0.3, -0.25) is 4.79 Å². The van der Waals surface area contributed by atoms with E-state index in [4.69, 9.17) is 14.6 Å². The van der Waals surface area contributed by atoms with E-state index in [1.807, 2.05) is 11.6 Å². The van der Waals surface area contributed by atoms with Crippen LogP contribution in [0, 0.1) is 6.92 Å². The first-order valence-electron chi connectivity index (χ1n) is 8.44. The molecule has 23 heavy (non-hydrogen) atoms. The number of aryl methyl sites for hydroxylation is 2. The van der Waals surface area contributed by atoms with Crippen molar-refractivity contribution in [1.29, 1.82) is 0 Å². The average molecular weight is 316 g/mol. The Kier molecular flexibility index (Phi) is 4.96. The Morgan fingerprint density at radius 2 is 2.30 bits per heavy atom. The number of hydrogen-bond donors (Lipinski definition) is 0. The summed E-state index contributed by atoms with van der Waals surface area (Å²) in [6.07, 6.45) is 4.23. The molecule has 1 unspecified atom stereocenters. The zero-order chi connectivity index (χ0) is 16.2. The third-order valence-corrected chi connectivity index (χ3v) is 4.24. The van der Waals surface area contributed by atoms with Gasteiger partial charge in [-0.1, -0.05) is 12.1 Å². The van der Waals surface area contributed by atoms with Gasteiger partial charge in [0.1, 0.15) is 0 Å². The first-order chi connectivity index (χ1) is 11.2. The van der Waals surface area contributed by atoms with Crippen molar-refractivity contribution in [3.63, 3.8) is 0 Å². The molecule has 1 saturated heterocycles. The van der Waals surface area contributed by atoms with Crippen molar-refractivity contribution >= 4 is 16.9 Å². The minimum Gasteiger partial charge on any atom is -0.466 e. The fraction of sp³-hybridized carbons (Fsp3) is 0.556. The molecule has 5 heteroatoms. The maximum atomic E-state index is 11.6. The zero-order valence-corrected chi connectivity index (χ0v) is 13.9. The van der Waals surface area contributed by atoms with E-state index in [0.29, 0.717) is 19.4 Å². The minimum atomic E-state index is -0.170. The van der Waals surface area contributed by atoms with E-state index in [1.54, 1.807) is 0 Å². The molecule has 1 atom stereocenters. The molecule has 0 amide bonds. The van der Waals surface area contributed by atoms with Crippen LogP contribution in [0.2, 0.25) is 0 Å². The Hall–Kier alpha value is -1.88. The molecule has 2 aromatic rings. The first kappa shape index (κ1) is 16.0. The van der Waals surface area contributed by atoms with Gasteiger partial charge >= 0.3 is 5.97 Å². The Morgan fingerprint density at radius 1 is 1.43 bits per heavy atom. The number of esters is 1. The maximum Gasteiger partial charge on any atom is 0.306 e. The Morgan fingerprint density at radius 3 is 3.04 bits per heavy atom. The molecule has 2 heterocycles. The van der Waals surface area contributed by atoms with Crippen LogP contribution in [-0.2, 0) is 20.7 Å². The van der Waals surface area contributed by atoms with Gasteiger partial charge in [-0.15, -0.1) is 0 Å². The standard InChI is InChI=1S/C18H24N2O3/c1-3-22-18(21)10-9-15-14-8-7-13(2)12-16(14)20(19-15)17-6-4-5-11-23-17/h7-8,12,17H,3-6,9-11H2,1-2H3. The maximum absolute atomic E-state index is 11.6. The summed E-state index contributed by atoms with van der Waals surface area (Å²) in [6, 6.07) is 6.33. The van der Waals surface area contributed by atoms with Crippen molar-refractivity contribution in [2.75, 3.05) is 13.2 Å². The van der Waals surface area contributed by atoms with E-state index in [1.165, 1.54) is 5.56 Å². The highest BCUT2D eigenvalue weighted by molar-refractivity contribution is 5.83. The number of nitrogens with zero attached hydrogens (tertiary/aromatic N) is 2. The number of fused-ring (bicyclic) bond motifs is 1. The van der Waals surface area contributed by atoms with Crippen molar-refractivity contribution in [3.05, 3.63) is 29.5 Å². The topological polar surface area (TPSA) is 53.3 Å². The van der Waals surface area contributed by atoms with Gasteiger partial charge in [0, 0.05) is 18.4 Å². The molecule has 3 rings (SSSR count). The van der Waals surface area contributed by atoms with Crippen molar-refractivity contribution in [1.82, 2.24) is 9.78 Å². The van der Waals surface area contributed by atoms with Crippen LogP contribution in [0.5, 0.6) is 0 Å². The summed E-state index contributed by atoms with van der Waals surface area (Å²) >= 11 is 0. The molecule has 5 nitrogen and oxygen atoms in total. The van der Waals surface area contributed by atoms with Gasteiger partial charge in [-0.05, 0) is 44.7 Å². The van der Waals surface area contributed by atoms with E-state index in [-0.39, 0.29) is 12.2 Å². The highest BCUT2D eigenvalue weighted by Crippen LogP contribution is 2.29. The second-order valence-electron chi connectivity index (χ2n) is 6.04. The largest absolute Gasteiger partial charge is 0.466 e. The number of ether oxygens (including phenoxy) is 2. The molecular formula is C18H24N2O3. The lowest BCUT2D eigenvalue weighted by atomic mass is 10.1. The van der Waals surface area contributed by atoms with Crippen LogP contribution in [-0.4, -0.2) is 29.0 Å². The summed E-state index contributed by atoms with van der Waals surface area (Å²) < 4.78 is 12.9. The molecule has 0 radical (unpaired) electrons. The summed E-state index contributed by atoms with van der Waals surface area (Å²) in [5.74, 6) is -0.170. The Bertz CT molecular complexity index is 687. The molecule has 1 fully saturated rings. The number of hydrogen-bond acceptors (Lipinski definition) is 4. The normalized spacial score (nSPS) is 18.3. The molecule has 0 saturated carbocycles. The van der Waals surface area contributed by atoms with Gasteiger partial charge in [0.2, 0.25) is 0 Å². The van der Waals surface area contributed by atoms with E-state index < -0.39 is 0 Å². The van der Waals surface area contributed by atoms with E-state index in [2.05, 4.69) is 25.1 Å². The van der Waals surface area contributed by atoms with Crippen LogP contribution in [0.1, 0.15) is 50.1 Å². The van der Waals surface area contributed by atoms with E-state index >= 15 is 0 Å². The summed E-state index contributed by atoms with van der Waals surface area (Å²) in [4.78, 5) is 11.6. The fourth-order valence-corrected chi connectivity index (χ4v) is 3.09. The molecule has 1 aliphatic heterocycles. The number of rotatable bonds is 5. The van der Waals surface area contributed by atoms with Crippen molar-refractivity contribution in [2.45, 2.75) is 52.2 Å². The lowest BCUT2D eigenvalue weighted by molar-refractivity contribution is -0.143. The highest BCUT2D eigenvalue weighted by atomic mass is 16.5. The predicted molar refractivity (Wildman–Crippen MR) is 88.3 cm³/mol. The van der Waals surface area contributed by atoms with Crippen LogP contribution in [0.4, 0.5) is 0 Å². The Labute approximate surface area is 136 Å².